The number of nitrogens with two attached hydrogens (primary N) is 1. The second kappa shape index (κ2) is 6.27. The van der Waals surface area contributed by atoms with Crippen molar-refractivity contribution in [1.29, 1.82) is 0 Å². The lowest BCUT2D eigenvalue weighted by atomic mass is 9.86. The molecule has 0 aliphatic carbocycles. The van der Waals surface area contributed by atoms with Crippen molar-refractivity contribution in [2.75, 3.05) is 6.54 Å². The van der Waals surface area contributed by atoms with Crippen LogP contribution in [0.15, 0.2) is 42.7 Å². The zero-order valence-electron chi connectivity index (χ0n) is 13.3. The molecule has 3 nitrogen and oxygen atoms in total. The van der Waals surface area contributed by atoms with E-state index in [4.69, 9.17) is 10.5 Å². The predicted molar refractivity (Wildman–Crippen MR) is 86.5 cm³/mol. The summed E-state index contributed by atoms with van der Waals surface area (Å²) >= 11 is 0. The lowest BCUT2D eigenvalue weighted by Gasteiger charge is -2.23. The van der Waals surface area contributed by atoms with Crippen LogP contribution < -0.4 is 10.5 Å². The van der Waals surface area contributed by atoms with E-state index in [1.54, 1.807) is 12.4 Å². The summed E-state index contributed by atoms with van der Waals surface area (Å²) in [6.45, 7) is 9.12. The van der Waals surface area contributed by atoms with Crippen molar-refractivity contribution in [3.8, 4) is 5.75 Å². The number of nitrogens with zero attached hydrogens (tertiary/aromatic N) is 1. The maximum Gasteiger partial charge on any atom is 0.137 e. The molecule has 112 valence electrons. The molecule has 3 heteroatoms. The van der Waals surface area contributed by atoms with Crippen LogP contribution in [0.2, 0.25) is 0 Å². The van der Waals surface area contributed by atoms with Crippen molar-refractivity contribution in [2.24, 2.45) is 5.73 Å². The number of rotatable bonds is 4. The number of ether oxygens (including phenoxy) is 1. The number of pyridine rings is 1. The number of hydrogen-bond acceptors (Lipinski definition) is 3. The van der Waals surface area contributed by atoms with Gasteiger partial charge in [0.2, 0.25) is 0 Å². The molecule has 2 rings (SSSR count). The average molecular weight is 284 g/mol. The molecular formula is C18H24N2O. The highest BCUT2D eigenvalue weighted by Gasteiger charge is 2.17. The number of hydrogen-bond donors (Lipinski definition) is 1. The summed E-state index contributed by atoms with van der Waals surface area (Å²) in [6.07, 6.45) is 3.38. The third-order valence-corrected chi connectivity index (χ3v) is 3.58. The minimum atomic E-state index is -0.169. The Morgan fingerprint density at radius 1 is 1.24 bits per heavy atom. The van der Waals surface area contributed by atoms with Gasteiger partial charge in [-0.3, -0.25) is 4.98 Å². The van der Waals surface area contributed by atoms with Crippen molar-refractivity contribution >= 4 is 0 Å². The number of benzene rings is 1. The van der Waals surface area contributed by atoms with E-state index in [2.05, 4.69) is 44.8 Å². The first kappa shape index (κ1) is 15.5. The van der Waals surface area contributed by atoms with Crippen LogP contribution in [0, 0.1) is 6.92 Å². The number of aromatic nitrogens is 1. The Balaban J connectivity index is 2.23. The first-order chi connectivity index (χ1) is 9.91. The van der Waals surface area contributed by atoms with Gasteiger partial charge in [-0.15, -0.1) is 0 Å². The van der Waals surface area contributed by atoms with Gasteiger partial charge in [-0.25, -0.2) is 0 Å². The zero-order chi connectivity index (χ0) is 15.5. The highest BCUT2D eigenvalue weighted by atomic mass is 16.5. The van der Waals surface area contributed by atoms with E-state index in [1.165, 1.54) is 5.56 Å². The number of aryl methyl sites for hydroxylation is 1. The Kier molecular flexibility index (Phi) is 4.63. The first-order valence-electron chi connectivity index (χ1n) is 7.29. The van der Waals surface area contributed by atoms with Crippen molar-refractivity contribution < 1.29 is 4.74 Å². The average Bonchev–Trinajstić information content (AvgIpc) is 2.46. The summed E-state index contributed by atoms with van der Waals surface area (Å²) in [6, 6.07) is 10.2. The van der Waals surface area contributed by atoms with Crippen molar-refractivity contribution in [2.45, 2.75) is 39.2 Å². The SMILES string of the molecule is Cc1cc(C(C)(C)C)ccc1OC(CN)c1cccnc1. The van der Waals surface area contributed by atoms with Crippen LogP contribution in [0.1, 0.15) is 43.6 Å². The molecule has 0 fully saturated rings. The fourth-order valence-electron chi connectivity index (χ4n) is 2.22. The van der Waals surface area contributed by atoms with E-state index >= 15 is 0 Å². The van der Waals surface area contributed by atoms with Crippen LogP contribution in [0.5, 0.6) is 5.75 Å². The van der Waals surface area contributed by atoms with E-state index in [-0.39, 0.29) is 11.5 Å². The predicted octanol–water partition coefficient (Wildman–Crippen LogP) is 3.77. The largest absolute Gasteiger partial charge is 0.484 e. The van der Waals surface area contributed by atoms with Gasteiger partial charge in [0.1, 0.15) is 11.9 Å². The van der Waals surface area contributed by atoms with E-state index in [0.717, 1.165) is 16.9 Å². The third-order valence-electron chi connectivity index (χ3n) is 3.58. The standard InChI is InChI=1S/C18H24N2O/c1-13-10-15(18(2,3)4)7-8-16(13)21-17(11-19)14-6-5-9-20-12-14/h5-10,12,17H,11,19H2,1-4H3. The molecule has 0 aliphatic rings. The highest BCUT2D eigenvalue weighted by Crippen LogP contribution is 2.29. The maximum atomic E-state index is 6.08. The van der Waals surface area contributed by atoms with Gasteiger partial charge in [0.25, 0.3) is 0 Å². The lowest BCUT2D eigenvalue weighted by Crippen LogP contribution is -2.19. The summed E-state index contributed by atoms with van der Waals surface area (Å²) in [4.78, 5) is 4.13. The molecular weight excluding hydrogens is 260 g/mol. The van der Waals surface area contributed by atoms with Crippen molar-refractivity contribution in [1.82, 2.24) is 4.98 Å². The van der Waals surface area contributed by atoms with Crippen LogP contribution in [0.3, 0.4) is 0 Å². The van der Waals surface area contributed by atoms with E-state index in [9.17, 15) is 0 Å². The Bertz CT molecular complexity index is 588. The fraction of sp³-hybridized carbons (Fsp3) is 0.389. The van der Waals surface area contributed by atoms with E-state index in [1.807, 2.05) is 18.2 Å². The minimum absolute atomic E-state index is 0.139. The fourth-order valence-corrected chi connectivity index (χ4v) is 2.22. The summed E-state index contributed by atoms with van der Waals surface area (Å²) < 4.78 is 6.08. The summed E-state index contributed by atoms with van der Waals surface area (Å²) in [7, 11) is 0. The van der Waals surface area contributed by atoms with Gasteiger partial charge in [-0.1, -0.05) is 39.0 Å². The smallest absolute Gasteiger partial charge is 0.137 e. The molecule has 21 heavy (non-hydrogen) atoms. The van der Waals surface area contributed by atoms with Crippen LogP contribution in [0.25, 0.3) is 0 Å². The molecule has 1 atom stereocenters. The summed E-state index contributed by atoms with van der Waals surface area (Å²) in [5.74, 6) is 0.877. The van der Waals surface area contributed by atoms with Crippen molar-refractivity contribution in [3.63, 3.8) is 0 Å². The Hall–Kier alpha value is -1.87. The summed E-state index contributed by atoms with van der Waals surface area (Å²) in [5.41, 5.74) is 9.42. The van der Waals surface area contributed by atoms with E-state index in [0.29, 0.717) is 6.54 Å². The molecule has 0 radical (unpaired) electrons. The Labute approximate surface area is 127 Å². The zero-order valence-corrected chi connectivity index (χ0v) is 13.3. The van der Waals surface area contributed by atoms with Gasteiger partial charge >= 0.3 is 0 Å². The van der Waals surface area contributed by atoms with Gasteiger partial charge in [0.05, 0.1) is 0 Å². The molecule has 2 N–H and O–H groups in total. The molecule has 0 amide bonds. The quantitative estimate of drug-likeness (QED) is 0.929. The molecule has 1 heterocycles. The molecule has 0 spiro atoms. The minimum Gasteiger partial charge on any atom is -0.484 e. The van der Waals surface area contributed by atoms with Crippen LogP contribution in [-0.2, 0) is 5.41 Å². The van der Waals surface area contributed by atoms with Gasteiger partial charge in [-0.05, 0) is 35.6 Å². The molecule has 0 bridgehead atoms. The van der Waals surface area contributed by atoms with Gasteiger partial charge in [0, 0.05) is 24.5 Å². The summed E-state index contributed by atoms with van der Waals surface area (Å²) in [5, 5.41) is 0. The first-order valence-corrected chi connectivity index (χ1v) is 7.29. The molecule has 0 saturated heterocycles. The second-order valence-corrected chi connectivity index (χ2v) is 6.36. The van der Waals surface area contributed by atoms with Crippen molar-refractivity contribution in [3.05, 3.63) is 59.4 Å². The Morgan fingerprint density at radius 3 is 2.52 bits per heavy atom. The van der Waals surface area contributed by atoms with Gasteiger partial charge in [0.15, 0.2) is 0 Å². The van der Waals surface area contributed by atoms with Crippen LogP contribution in [0.4, 0.5) is 0 Å². The molecule has 0 aliphatic heterocycles. The topological polar surface area (TPSA) is 48.1 Å². The van der Waals surface area contributed by atoms with Crippen LogP contribution in [-0.4, -0.2) is 11.5 Å². The Morgan fingerprint density at radius 2 is 2.00 bits per heavy atom. The monoisotopic (exact) mass is 284 g/mol. The van der Waals surface area contributed by atoms with Gasteiger partial charge in [-0.2, -0.15) is 0 Å². The molecule has 0 saturated carbocycles. The van der Waals surface area contributed by atoms with Gasteiger partial charge < -0.3 is 10.5 Å². The third kappa shape index (κ3) is 3.82. The molecule has 2 aromatic rings. The molecule has 1 aromatic carbocycles. The maximum absolute atomic E-state index is 6.08. The van der Waals surface area contributed by atoms with Crippen LogP contribution >= 0.6 is 0 Å². The lowest BCUT2D eigenvalue weighted by molar-refractivity contribution is 0.212. The highest BCUT2D eigenvalue weighted by molar-refractivity contribution is 5.39. The molecule has 1 unspecified atom stereocenters. The normalized spacial score (nSPS) is 13.0. The van der Waals surface area contributed by atoms with E-state index < -0.39 is 0 Å². The molecule has 1 aromatic heterocycles. The second-order valence-electron chi connectivity index (χ2n) is 6.36.